The average molecular weight is 422 g/mol. The maximum Gasteiger partial charge on any atom is 0.303 e. The first-order valence-electron chi connectivity index (χ1n) is 12.6. The van der Waals surface area contributed by atoms with E-state index in [1.54, 1.807) is 0 Å². The van der Waals surface area contributed by atoms with Crippen LogP contribution in [0.4, 0.5) is 0 Å². The molecule has 4 rings (SSSR count). The van der Waals surface area contributed by atoms with E-state index in [-0.39, 0.29) is 11.3 Å². The first-order valence-corrected chi connectivity index (χ1v) is 12.6. The Kier molecular flexibility index (Phi) is 9.03. The zero-order valence-corrected chi connectivity index (χ0v) is 18.7. The molecule has 0 saturated heterocycles. The summed E-state index contributed by atoms with van der Waals surface area (Å²) in [6, 6.07) is 0. The summed E-state index contributed by atoms with van der Waals surface area (Å²) in [4.78, 5) is 22.8. The summed E-state index contributed by atoms with van der Waals surface area (Å²) in [7, 11) is 0. The lowest BCUT2D eigenvalue weighted by Gasteiger charge is -2.57. The van der Waals surface area contributed by atoms with Crippen molar-refractivity contribution in [2.45, 2.75) is 115 Å². The quantitative estimate of drug-likeness (QED) is 0.323. The fourth-order valence-corrected chi connectivity index (χ4v) is 7.01. The molecule has 0 spiro atoms. The van der Waals surface area contributed by atoms with Crippen LogP contribution in [0.15, 0.2) is 0 Å². The van der Waals surface area contributed by atoms with Crippen LogP contribution in [0.25, 0.3) is 0 Å². The van der Waals surface area contributed by atoms with Crippen LogP contribution in [0, 0.1) is 23.2 Å². The molecule has 0 aromatic heterocycles. The number of unbranched alkanes of at least 4 members (excludes halogenated alkanes) is 8. The average Bonchev–Trinajstić information content (AvgIpc) is 2.67. The van der Waals surface area contributed by atoms with Crippen LogP contribution in [-0.2, 0) is 9.59 Å². The molecule has 3 N–H and O–H groups in total. The summed E-state index contributed by atoms with van der Waals surface area (Å²) in [5.74, 6) is 1.72. The van der Waals surface area contributed by atoms with Crippen LogP contribution >= 0.6 is 0 Å². The molecule has 5 nitrogen and oxygen atoms in total. The van der Waals surface area contributed by atoms with Gasteiger partial charge >= 0.3 is 5.97 Å². The fraction of sp³-hybridized carbons (Fsp3) is 0.920. The number of carbonyl (C=O) groups is 2. The summed E-state index contributed by atoms with van der Waals surface area (Å²) in [5, 5.41) is 22.1. The monoisotopic (exact) mass is 421 g/mol. The molecule has 1 amide bonds. The van der Waals surface area contributed by atoms with E-state index in [1.807, 2.05) is 0 Å². The minimum atomic E-state index is -0.831. The van der Waals surface area contributed by atoms with Crippen molar-refractivity contribution < 1.29 is 19.8 Å². The van der Waals surface area contributed by atoms with Crippen molar-refractivity contribution in [3.05, 3.63) is 0 Å². The van der Waals surface area contributed by atoms with E-state index >= 15 is 0 Å². The smallest absolute Gasteiger partial charge is 0.303 e. The molecule has 1 atom stereocenters. The molecule has 4 aliphatic carbocycles. The van der Waals surface area contributed by atoms with Gasteiger partial charge in [-0.15, -0.1) is 0 Å². The Morgan fingerprint density at radius 3 is 1.77 bits per heavy atom. The van der Waals surface area contributed by atoms with E-state index in [0.29, 0.717) is 19.4 Å². The van der Waals surface area contributed by atoms with Crippen molar-refractivity contribution in [1.82, 2.24) is 5.32 Å². The molecule has 172 valence electrons. The maximum absolute atomic E-state index is 12.4. The molecule has 4 bridgehead atoms. The van der Waals surface area contributed by atoms with E-state index in [0.717, 1.165) is 49.9 Å². The highest BCUT2D eigenvalue weighted by atomic mass is 16.4. The van der Waals surface area contributed by atoms with Gasteiger partial charge in [-0.05, 0) is 81.0 Å². The number of carboxylic acids is 1. The number of hydrogen-bond acceptors (Lipinski definition) is 3. The third kappa shape index (κ3) is 7.25. The normalized spacial score (nSPS) is 30.4. The molecule has 4 aliphatic rings. The number of nitrogens with one attached hydrogen (secondary N) is 1. The molecule has 1 unspecified atom stereocenters. The predicted molar refractivity (Wildman–Crippen MR) is 118 cm³/mol. The maximum atomic E-state index is 12.4. The molecule has 30 heavy (non-hydrogen) atoms. The highest BCUT2D eigenvalue weighted by Crippen LogP contribution is 2.61. The van der Waals surface area contributed by atoms with Gasteiger partial charge in [0.1, 0.15) is 6.10 Å². The first kappa shape index (κ1) is 23.6. The molecule has 4 fully saturated rings. The van der Waals surface area contributed by atoms with Gasteiger partial charge in [-0.3, -0.25) is 9.59 Å². The van der Waals surface area contributed by atoms with Crippen LogP contribution in [0.2, 0.25) is 0 Å². The van der Waals surface area contributed by atoms with Crippen LogP contribution in [0.5, 0.6) is 0 Å². The summed E-state index contributed by atoms with van der Waals surface area (Å²) in [6.07, 6.45) is 17.9. The van der Waals surface area contributed by atoms with Gasteiger partial charge in [-0.2, -0.15) is 0 Å². The highest BCUT2D eigenvalue weighted by molar-refractivity contribution is 5.80. The topological polar surface area (TPSA) is 86.6 Å². The van der Waals surface area contributed by atoms with Crippen LogP contribution in [0.3, 0.4) is 0 Å². The summed E-state index contributed by atoms with van der Waals surface area (Å²) in [5.41, 5.74) is 0.249. The van der Waals surface area contributed by atoms with Crippen LogP contribution < -0.4 is 5.32 Å². The number of carbonyl (C=O) groups excluding carboxylic acids is 1. The molecular weight excluding hydrogens is 378 g/mol. The standard InChI is InChI=1S/C25H43NO4/c27-22(18-25-15-19-12-20(16-25)14-21(13-19)17-25)24(30)26-11-9-7-5-3-1-2-4-6-8-10-23(28)29/h19-22,27H,1-18H2,(H,26,30)(H,28,29). The Morgan fingerprint density at radius 2 is 1.27 bits per heavy atom. The van der Waals surface area contributed by atoms with Gasteiger partial charge in [0.05, 0.1) is 0 Å². The second-order valence-corrected chi connectivity index (χ2v) is 10.8. The fourth-order valence-electron chi connectivity index (χ4n) is 7.01. The molecular formula is C25H43NO4. The molecule has 0 aromatic rings. The Hall–Kier alpha value is -1.10. The molecule has 0 heterocycles. The lowest BCUT2D eigenvalue weighted by atomic mass is 9.48. The minimum absolute atomic E-state index is 0.160. The van der Waals surface area contributed by atoms with Gasteiger partial charge in [0.2, 0.25) is 5.91 Å². The number of aliphatic hydroxyl groups is 1. The number of aliphatic carboxylic acids is 1. The van der Waals surface area contributed by atoms with Crippen molar-refractivity contribution in [3.63, 3.8) is 0 Å². The second-order valence-electron chi connectivity index (χ2n) is 10.8. The van der Waals surface area contributed by atoms with Gasteiger partial charge in [0, 0.05) is 13.0 Å². The van der Waals surface area contributed by atoms with Crippen molar-refractivity contribution in [3.8, 4) is 0 Å². The van der Waals surface area contributed by atoms with Crippen LogP contribution in [0.1, 0.15) is 109 Å². The summed E-state index contributed by atoms with van der Waals surface area (Å²) in [6.45, 7) is 0.673. The molecule has 5 heteroatoms. The highest BCUT2D eigenvalue weighted by Gasteiger charge is 2.51. The second kappa shape index (κ2) is 11.5. The van der Waals surface area contributed by atoms with E-state index < -0.39 is 12.1 Å². The van der Waals surface area contributed by atoms with Crippen molar-refractivity contribution in [1.29, 1.82) is 0 Å². The largest absolute Gasteiger partial charge is 0.481 e. The van der Waals surface area contributed by atoms with E-state index in [9.17, 15) is 14.7 Å². The van der Waals surface area contributed by atoms with Gasteiger partial charge in [-0.1, -0.05) is 44.9 Å². The Bertz CT molecular complexity index is 526. The van der Waals surface area contributed by atoms with Crippen molar-refractivity contribution in [2.75, 3.05) is 6.54 Å². The zero-order chi connectivity index (χ0) is 21.4. The van der Waals surface area contributed by atoms with E-state index in [2.05, 4.69) is 5.32 Å². The van der Waals surface area contributed by atoms with Gasteiger partial charge in [0.15, 0.2) is 0 Å². The predicted octanol–water partition coefficient (Wildman–Crippen LogP) is 5.06. The zero-order valence-electron chi connectivity index (χ0n) is 18.7. The van der Waals surface area contributed by atoms with Crippen molar-refractivity contribution in [2.24, 2.45) is 23.2 Å². The lowest BCUT2D eigenvalue weighted by molar-refractivity contribution is -0.137. The summed E-state index contributed by atoms with van der Waals surface area (Å²) < 4.78 is 0. The minimum Gasteiger partial charge on any atom is -0.481 e. The number of carboxylic acid groups (broad SMARTS) is 1. The molecule has 4 saturated carbocycles. The lowest BCUT2D eigenvalue weighted by Crippen LogP contribution is -2.49. The van der Waals surface area contributed by atoms with Gasteiger partial charge in [-0.25, -0.2) is 0 Å². The first-order chi connectivity index (χ1) is 14.5. The Morgan fingerprint density at radius 1 is 0.800 bits per heavy atom. The molecule has 0 radical (unpaired) electrons. The third-order valence-electron chi connectivity index (χ3n) is 7.96. The van der Waals surface area contributed by atoms with E-state index in [1.165, 1.54) is 64.2 Å². The molecule has 0 aliphatic heterocycles. The number of hydrogen-bond donors (Lipinski definition) is 3. The number of rotatable bonds is 15. The SMILES string of the molecule is O=C(O)CCCCCCCCCCCNC(=O)C(O)CC12CC3CC(CC(C3)C1)C2. The third-order valence-corrected chi connectivity index (χ3v) is 7.96. The van der Waals surface area contributed by atoms with Gasteiger partial charge in [0.25, 0.3) is 0 Å². The van der Waals surface area contributed by atoms with Crippen LogP contribution in [-0.4, -0.2) is 34.7 Å². The van der Waals surface area contributed by atoms with E-state index in [4.69, 9.17) is 5.11 Å². The number of amides is 1. The molecule has 0 aromatic carbocycles. The number of aliphatic hydroxyl groups excluding tert-OH is 1. The van der Waals surface area contributed by atoms with Gasteiger partial charge < -0.3 is 15.5 Å². The van der Waals surface area contributed by atoms with Crippen molar-refractivity contribution >= 4 is 11.9 Å². The Labute approximate surface area is 182 Å². The Balaban J connectivity index is 1.18. The summed E-state index contributed by atoms with van der Waals surface area (Å²) >= 11 is 0.